The number of hydrogen-bond acceptors (Lipinski definition) is 4. The van der Waals surface area contributed by atoms with Crippen LogP contribution in [0.15, 0.2) is 54.6 Å². The van der Waals surface area contributed by atoms with Gasteiger partial charge in [-0.25, -0.2) is 9.18 Å². The summed E-state index contributed by atoms with van der Waals surface area (Å²) in [6, 6.07) is 15.7. The molecule has 1 heterocycles. The maximum atomic E-state index is 12.8. The van der Waals surface area contributed by atoms with Crippen molar-refractivity contribution in [1.82, 2.24) is 9.80 Å². The summed E-state index contributed by atoms with van der Waals surface area (Å²) in [5.41, 5.74) is 0.984. The molecule has 1 aliphatic rings. The number of hydrogen-bond donors (Lipinski definition) is 0. The summed E-state index contributed by atoms with van der Waals surface area (Å²) in [6.45, 7) is 4.45. The molecule has 0 aliphatic carbocycles. The fraction of sp³-hybridized carbons (Fsp3) is 0.350. The van der Waals surface area contributed by atoms with Gasteiger partial charge in [-0.2, -0.15) is 0 Å². The molecular weight excluding hydrogens is 335 g/mol. The smallest absolute Gasteiger partial charge is 0.410 e. The Morgan fingerprint density at radius 3 is 2.35 bits per heavy atom. The third-order valence-corrected chi connectivity index (χ3v) is 4.33. The van der Waals surface area contributed by atoms with E-state index in [2.05, 4.69) is 4.90 Å². The van der Waals surface area contributed by atoms with Crippen LogP contribution in [0.2, 0.25) is 0 Å². The third kappa shape index (κ3) is 5.46. The quantitative estimate of drug-likeness (QED) is 0.796. The van der Waals surface area contributed by atoms with Crippen LogP contribution in [0.1, 0.15) is 5.56 Å². The van der Waals surface area contributed by atoms with Crippen LogP contribution < -0.4 is 4.74 Å². The minimum absolute atomic E-state index is 0.268. The molecule has 1 fully saturated rings. The molecule has 6 heteroatoms. The zero-order chi connectivity index (χ0) is 18.2. The second-order valence-electron chi connectivity index (χ2n) is 6.17. The van der Waals surface area contributed by atoms with Gasteiger partial charge in [-0.05, 0) is 29.8 Å². The van der Waals surface area contributed by atoms with E-state index in [0.717, 1.165) is 25.2 Å². The van der Waals surface area contributed by atoms with Gasteiger partial charge in [-0.15, -0.1) is 0 Å². The number of halogens is 1. The number of benzene rings is 2. The maximum Gasteiger partial charge on any atom is 0.410 e. The van der Waals surface area contributed by atoms with Crippen LogP contribution in [-0.2, 0) is 11.3 Å². The molecule has 1 amide bonds. The van der Waals surface area contributed by atoms with Crippen molar-refractivity contribution in [2.75, 3.05) is 39.3 Å². The molecule has 0 N–H and O–H groups in total. The number of nitrogens with zero attached hydrogens (tertiary/aromatic N) is 2. The number of piperazine rings is 1. The number of rotatable bonds is 6. The van der Waals surface area contributed by atoms with E-state index in [1.165, 1.54) is 12.1 Å². The van der Waals surface area contributed by atoms with Gasteiger partial charge in [0.05, 0.1) is 0 Å². The van der Waals surface area contributed by atoms with Crippen molar-refractivity contribution < 1.29 is 18.7 Å². The van der Waals surface area contributed by atoms with Gasteiger partial charge in [0.2, 0.25) is 0 Å². The van der Waals surface area contributed by atoms with Crippen LogP contribution in [0.4, 0.5) is 9.18 Å². The van der Waals surface area contributed by atoms with Crippen LogP contribution in [0.5, 0.6) is 5.75 Å². The molecule has 0 bridgehead atoms. The van der Waals surface area contributed by atoms with Gasteiger partial charge >= 0.3 is 6.09 Å². The Labute approximate surface area is 152 Å². The van der Waals surface area contributed by atoms with Gasteiger partial charge < -0.3 is 14.4 Å². The first-order valence-corrected chi connectivity index (χ1v) is 8.77. The van der Waals surface area contributed by atoms with Gasteiger partial charge in [-0.1, -0.05) is 30.3 Å². The van der Waals surface area contributed by atoms with Crippen molar-refractivity contribution >= 4 is 6.09 Å². The van der Waals surface area contributed by atoms with Crippen molar-refractivity contribution in [3.05, 3.63) is 66.0 Å². The predicted octanol–water partition coefficient (Wildman–Crippen LogP) is 3.16. The van der Waals surface area contributed by atoms with Gasteiger partial charge in [0.15, 0.2) is 0 Å². The first kappa shape index (κ1) is 18.2. The Hall–Kier alpha value is -2.60. The molecule has 138 valence electrons. The number of carbonyl (C=O) groups excluding carboxylic acids is 1. The molecule has 1 saturated heterocycles. The van der Waals surface area contributed by atoms with Gasteiger partial charge in [0.1, 0.15) is 24.8 Å². The van der Waals surface area contributed by atoms with Gasteiger partial charge in [-0.3, -0.25) is 4.90 Å². The fourth-order valence-electron chi connectivity index (χ4n) is 2.79. The monoisotopic (exact) mass is 358 g/mol. The highest BCUT2D eigenvalue weighted by Gasteiger charge is 2.22. The van der Waals surface area contributed by atoms with E-state index < -0.39 is 0 Å². The van der Waals surface area contributed by atoms with Crippen molar-refractivity contribution in [2.24, 2.45) is 0 Å². The van der Waals surface area contributed by atoms with E-state index in [9.17, 15) is 9.18 Å². The number of ether oxygens (including phenoxy) is 2. The second kappa shape index (κ2) is 9.20. The lowest BCUT2D eigenvalue weighted by Crippen LogP contribution is -2.49. The van der Waals surface area contributed by atoms with Gasteiger partial charge in [0.25, 0.3) is 0 Å². The highest BCUT2D eigenvalue weighted by Crippen LogP contribution is 2.11. The molecule has 0 saturated carbocycles. The molecule has 0 aromatic heterocycles. The van der Waals surface area contributed by atoms with E-state index in [4.69, 9.17) is 9.47 Å². The fourth-order valence-corrected chi connectivity index (χ4v) is 2.79. The molecule has 0 atom stereocenters. The van der Waals surface area contributed by atoms with E-state index in [1.807, 2.05) is 30.3 Å². The van der Waals surface area contributed by atoms with Crippen LogP contribution >= 0.6 is 0 Å². The number of amides is 1. The molecule has 0 radical (unpaired) electrons. The summed E-state index contributed by atoms with van der Waals surface area (Å²) in [5, 5.41) is 0. The van der Waals surface area contributed by atoms with Crippen molar-refractivity contribution in [3.63, 3.8) is 0 Å². The van der Waals surface area contributed by atoms with E-state index in [-0.39, 0.29) is 11.9 Å². The average Bonchev–Trinajstić information content (AvgIpc) is 2.69. The highest BCUT2D eigenvalue weighted by atomic mass is 19.1. The van der Waals surface area contributed by atoms with Gasteiger partial charge in [0, 0.05) is 32.7 Å². The normalized spacial score (nSPS) is 14.9. The maximum absolute atomic E-state index is 12.8. The largest absolute Gasteiger partial charge is 0.492 e. The summed E-state index contributed by atoms with van der Waals surface area (Å²) in [4.78, 5) is 16.1. The Bertz CT molecular complexity index is 686. The lowest BCUT2D eigenvalue weighted by Gasteiger charge is -2.33. The van der Waals surface area contributed by atoms with Crippen LogP contribution in [0.3, 0.4) is 0 Å². The van der Waals surface area contributed by atoms with Crippen LogP contribution in [-0.4, -0.2) is 55.2 Å². The molecule has 2 aromatic rings. The zero-order valence-electron chi connectivity index (χ0n) is 14.6. The minimum atomic E-state index is -0.271. The molecule has 1 aliphatic heterocycles. The molecule has 2 aromatic carbocycles. The molecular formula is C20H23FN2O3. The SMILES string of the molecule is O=C(OCc1ccccc1)N1CCN(CCOc2ccc(F)cc2)CC1. The first-order valence-electron chi connectivity index (χ1n) is 8.77. The standard InChI is InChI=1S/C20H23FN2O3/c21-18-6-8-19(9-7-18)25-15-14-22-10-12-23(13-11-22)20(24)26-16-17-4-2-1-3-5-17/h1-9H,10-16H2. The molecule has 3 rings (SSSR count). The highest BCUT2D eigenvalue weighted by molar-refractivity contribution is 5.67. The summed E-state index contributed by atoms with van der Waals surface area (Å²) in [7, 11) is 0. The van der Waals surface area contributed by atoms with Crippen LogP contribution in [0.25, 0.3) is 0 Å². The summed E-state index contributed by atoms with van der Waals surface area (Å²) in [6.07, 6.45) is -0.268. The Kier molecular flexibility index (Phi) is 6.44. The molecule has 0 spiro atoms. The predicted molar refractivity (Wildman–Crippen MR) is 96.5 cm³/mol. The van der Waals surface area contributed by atoms with Crippen molar-refractivity contribution in [1.29, 1.82) is 0 Å². The average molecular weight is 358 g/mol. The lowest BCUT2D eigenvalue weighted by atomic mass is 10.2. The second-order valence-corrected chi connectivity index (χ2v) is 6.17. The zero-order valence-corrected chi connectivity index (χ0v) is 14.6. The first-order chi connectivity index (χ1) is 12.7. The van der Waals surface area contributed by atoms with E-state index >= 15 is 0 Å². The number of carbonyl (C=O) groups is 1. The van der Waals surface area contributed by atoms with Crippen LogP contribution in [0, 0.1) is 5.82 Å². The minimum Gasteiger partial charge on any atom is -0.492 e. The molecule has 0 unspecified atom stereocenters. The Balaban J connectivity index is 1.33. The topological polar surface area (TPSA) is 42.0 Å². The summed E-state index contributed by atoms with van der Waals surface area (Å²) < 4.78 is 23.8. The third-order valence-electron chi connectivity index (χ3n) is 4.33. The summed E-state index contributed by atoms with van der Waals surface area (Å²) >= 11 is 0. The van der Waals surface area contributed by atoms with Crippen molar-refractivity contribution in [3.8, 4) is 5.75 Å². The Morgan fingerprint density at radius 1 is 0.962 bits per heavy atom. The lowest BCUT2D eigenvalue weighted by molar-refractivity contribution is 0.0684. The van der Waals surface area contributed by atoms with E-state index in [1.54, 1.807) is 17.0 Å². The summed E-state index contributed by atoms with van der Waals surface area (Å²) in [5.74, 6) is 0.391. The van der Waals surface area contributed by atoms with E-state index in [0.29, 0.717) is 32.1 Å². The molecule has 5 nitrogen and oxygen atoms in total. The van der Waals surface area contributed by atoms with Crippen molar-refractivity contribution in [2.45, 2.75) is 6.61 Å². The molecule has 26 heavy (non-hydrogen) atoms. The Morgan fingerprint density at radius 2 is 1.65 bits per heavy atom.